The van der Waals surface area contributed by atoms with E-state index in [9.17, 15) is 13.2 Å². The zero-order chi connectivity index (χ0) is 20.8. The second-order valence-corrected chi connectivity index (χ2v) is 7.48. The summed E-state index contributed by atoms with van der Waals surface area (Å²) < 4.78 is 49.0. The van der Waals surface area contributed by atoms with Crippen LogP contribution >= 0.6 is 0 Å². The molecule has 0 radical (unpaired) electrons. The molecule has 1 N–H and O–H groups in total. The van der Waals surface area contributed by atoms with Crippen molar-refractivity contribution in [1.82, 2.24) is 19.6 Å². The van der Waals surface area contributed by atoms with Crippen LogP contribution in [0.15, 0.2) is 19.0 Å². The monoisotopic (exact) mass is 414 g/mol. The molecule has 156 valence electrons. The van der Waals surface area contributed by atoms with Gasteiger partial charge < -0.3 is 19.9 Å². The molecule has 2 aromatic heterocycles. The minimum absolute atomic E-state index is 0. The van der Waals surface area contributed by atoms with E-state index in [1.54, 1.807) is 0 Å². The summed E-state index contributed by atoms with van der Waals surface area (Å²) in [5.41, 5.74) is 1.23. The van der Waals surface area contributed by atoms with Gasteiger partial charge >= 0.3 is 18.9 Å². The van der Waals surface area contributed by atoms with Gasteiger partial charge in [-0.05, 0) is 12.1 Å². The molecular formula is C19H22F3LiN6O. The van der Waals surface area contributed by atoms with E-state index in [0.717, 1.165) is 0 Å². The first kappa shape index (κ1) is 22.7. The number of rotatable bonds is 5. The topological polar surface area (TPSA) is 67.6 Å². The van der Waals surface area contributed by atoms with Crippen LogP contribution in [0.25, 0.3) is 11.2 Å². The summed E-state index contributed by atoms with van der Waals surface area (Å²) in [6.45, 7) is 11.2. The van der Waals surface area contributed by atoms with Crippen molar-refractivity contribution in [2.75, 3.05) is 36.5 Å². The van der Waals surface area contributed by atoms with E-state index in [4.69, 9.17) is 11.3 Å². The number of nitrogens with zero attached hydrogens (tertiary/aromatic N) is 5. The van der Waals surface area contributed by atoms with E-state index < -0.39 is 30.6 Å². The van der Waals surface area contributed by atoms with Gasteiger partial charge in [0.05, 0.1) is 24.9 Å². The van der Waals surface area contributed by atoms with Crippen LogP contribution in [0.3, 0.4) is 0 Å². The first-order valence-electron chi connectivity index (χ1n) is 9.42. The van der Waals surface area contributed by atoms with Gasteiger partial charge in [-0.1, -0.05) is 6.92 Å². The molecule has 2 aliphatic rings. The molecule has 30 heavy (non-hydrogen) atoms. The molecule has 0 amide bonds. The quantitative estimate of drug-likeness (QED) is 0.414. The summed E-state index contributed by atoms with van der Waals surface area (Å²) in [7, 11) is 0. The smallest absolute Gasteiger partial charge is 0.378 e. The van der Waals surface area contributed by atoms with E-state index in [-0.39, 0.29) is 43.5 Å². The number of halogens is 3. The SMILES string of the molecule is [CH-]=C(C=C)c1ncn2nc(N[C@H]3CCOC[C@H]3F)nc2c1N1C[C@@H](C)C(F)(F)C1.[Li+]. The number of anilines is 2. The maximum Gasteiger partial charge on any atom is 1.00 e. The fraction of sp³-hybridized carbons (Fsp3) is 0.526. The van der Waals surface area contributed by atoms with Crippen molar-refractivity contribution < 1.29 is 36.8 Å². The van der Waals surface area contributed by atoms with Gasteiger partial charge in [-0.2, -0.15) is 23.2 Å². The first-order valence-corrected chi connectivity index (χ1v) is 9.42. The van der Waals surface area contributed by atoms with Gasteiger partial charge in [0, 0.05) is 19.1 Å². The van der Waals surface area contributed by atoms with Crippen LogP contribution < -0.4 is 29.1 Å². The van der Waals surface area contributed by atoms with Crippen LogP contribution in [-0.2, 0) is 4.74 Å². The molecule has 7 nitrogen and oxygen atoms in total. The summed E-state index contributed by atoms with van der Waals surface area (Å²) in [6, 6.07) is -0.488. The van der Waals surface area contributed by atoms with Crippen LogP contribution in [0.2, 0.25) is 0 Å². The van der Waals surface area contributed by atoms with Crippen LogP contribution in [-0.4, -0.2) is 64.0 Å². The number of allylic oxidation sites excluding steroid dienone is 2. The molecule has 2 fully saturated rings. The fourth-order valence-corrected chi connectivity index (χ4v) is 3.65. The summed E-state index contributed by atoms with van der Waals surface area (Å²) in [5.74, 6) is -3.50. The van der Waals surface area contributed by atoms with Gasteiger partial charge in [0.1, 0.15) is 12.5 Å². The van der Waals surface area contributed by atoms with E-state index in [2.05, 4.69) is 27.0 Å². The Labute approximate surface area is 184 Å². The number of nitrogens with one attached hydrogen (secondary N) is 1. The second-order valence-electron chi connectivity index (χ2n) is 7.48. The normalized spacial score (nSPS) is 25.7. The third kappa shape index (κ3) is 4.09. The van der Waals surface area contributed by atoms with Gasteiger partial charge in [-0.15, -0.1) is 5.10 Å². The van der Waals surface area contributed by atoms with Crippen molar-refractivity contribution in [2.24, 2.45) is 5.92 Å². The molecule has 0 spiro atoms. The largest absolute Gasteiger partial charge is 1.00 e. The number of fused-ring (bicyclic) bond motifs is 1. The Hall–Kier alpha value is -2.02. The first-order chi connectivity index (χ1) is 13.8. The Morgan fingerprint density at radius 2 is 2.23 bits per heavy atom. The van der Waals surface area contributed by atoms with Gasteiger partial charge in [0.15, 0.2) is 5.65 Å². The van der Waals surface area contributed by atoms with E-state index >= 15 is 0 Å². The standard InChI is InChI=1S/C19H22F3N6O.Li/c1-4-11(2)15-16(27-7-12(3)19(21,22)9-27)17-25-18(26-28(17)10-23-15)24-14-5-6-29-8-13(14)20;/h2,4,10,12-14H,1,5-9H2,3H3,(H,24,26);/q-1;+1/t12-,13-,14+;/m1./s1. The van der Waals surface area contributed by atoms with Crippen LogP contribution in [0, 0.1) is 12.5 Å². The average Bonchev–Trinajstić information content (AvgIpc) is 3.21. The Balaban J connectivity index is 0.00000256. The third-order valence-corrected chi connectivity index (χ3v) is 5.39. The summed E-state index contributed by atoms with van der Waals surface area (Å²) in [5, 5.41) is 7.26. The predicted molar refractivity (Wildman–Crippen MR) is 103 cm³/mol. The maximum atomic E-state index is 14.2. The van der Waals surface area contributed by atoms with Gasteiger partial charge in [0.2, 0.25) is 5.95 Å². The van der Waals surface area contributed by atoms with Gasteiger partial charge in [-0.3, -0.25) is 0 Å². The molecule has 0 aromatic carbocycles. The zero-order valence-corrected chi connectivity index (χ0v) is 17.0. The number of ether oxygens (including phenoxy) is 1. The number of aromatic nitrogens is 4. The molecule has 11 heteroatoms. The van der Waals surface area contributed by atoms with Crippen LogP contribution in [0.1, 0.15) is 19.0 Å². The third-order valence-electron chi connectivity index (χ3n) is 5.39. The molecule has 0 bridgehead atoms. The summed E-state index contributed by atoms with van der Waals surface area (Å²) in [4.78, 5) is 10.2. The van der Waals surface area contributed by atoms with Crippen molar-refractivity contribution in [3.8, 4) is 0 Å². The molecule has 0 saturated carbocycles. The maximum absolute atomic E-state index is 14.2. The van der Waals surface area contributed by atoms with Gasteiger partial charge in [0.25, 0.3) is 5.92 Å². The van der Waals surface area contributed by atoms with Crippen molar-refractivity contribution >= 4 is 22.9 Å². The van der Waals surface area contributed by atoms with Crippen LogP contribution in [0.5, 0.6) is 0 Å². The van der Waals surface area contributed by atoms with Crippen LogP contribution in [0.4, 0.5) is 24.8 Å². The van der Waals surface area contributed by atoms with Crippen molar-refractivity contribution in [3.63, 3.8) is 0 Å². The minimum Gasteiger partial charge on any atom is -0.378 e. The predicted octanol–water partition coefficient (Wildman–Crippen LogP) is -0.239. The molecule has 0 aliphatic carbocycles. The summed E-state index contributed by atoms with van der Waals surface area (Å²) >= 11 is 0. The number of hydrogen-bond acceptors (Lipinski definition) is 6. The van der Waals surface area contributed by atoms with Gasteiger partial charge in [-0.25, -0.2) is 24.3 Å². The minimum atomic E-state index is -2.85. The van der Waals surface area contributed by atoms with E-state index in [1.165, 1.54) is 28.7 Å². The average molecular weight is 414 g/mol. The Kier molecular flexibility index (Phi) is 6.50. The Morgan fingerprint density at radius 1 is 1.47 bits per heavy atom. The van der Waals surface area contributed by atoms with Crippen molar-refractivity contribution in [3.05, 3.63) is 31.3 Å². The molecule has 2 aliphatic heterocycles. The molecule has 3 atom stereocenters. The van der Waals surface area contributed by atoms with Crippen molar-refractivity contribution in [2.45, 2.75) is 31.5 Å². The molecule has 2 aromatic rings. The molecule has 4 heterocycles. The number of hydrogen-bond donors (Lipinski definition) is 1. The fourth-order valence-electron chi connectivity index (χ4n) is 3.65. The zero-order valence-electron chi connectivity index (χ0n) is 17.0. The Bertz CT molecular complexity index is 952. The molecule has 4 rings (SSSR count). The van der Waals surface area contributed by atoms with E-state index in [1.807, 2.05) is 0 Å². The molecule has 0 unspecified atom stereocenters. The Morgan fingerprint density at radius 3 is 2.87 bits per heavy atom. The second kappa shape index (κ2) is 8.61. The van der Waals surface area contributed by atoms with E-state index in [0.29, 0.717) is 30.1 Å². The molecular weight excluding hydrogens is 392 g/mol. The molecule has 2 saturated heterocycles. The summed E-state index contributed by atoms with van der Waals surface area (Å²) in [6.07, 6.45) is 2.09. The number of alkyl halides is 3. The van der Waals surface area contributed by atoms with Crippen molar-refractivity contribution in [1.29, 1.82) is 0 Å².